The van der Waals surface area contributed by atoms with E-state index in [-0.39, 0.29) is 10.9 Å². The van der Waals surface area contributed by atoms with Gasteiger partial charge in [-0.25, -0.2) is 9.37 Å². The van der Waals surface area contributed by atoms with Crippen molar-refractivity contribution in [2.24, 2.45) is 0 Å². The predicted molar refractivity (Wildman–Crippen MR) is 52.7 cm³/mol. The number of terminal acetylenes is 1. The quantitative estimate of drug-likeness (QED) is 0.705. The van der Waals surface area contributed by atoms with E-state index in [2.05, 4.69) is 10.9 Å². The molecular weight excluding hydrogens is 205 g/mol. The highest BCUT2D eigenvalue weighted by Gasteiger charge is 2.19. The number of hydrogen-bond donors (Lipinski definition) is 0. The van der Waals surface area contributed by atoms with Crippen LogP contribution in [0.3, 0.4) is 0 Å². The Bertz CT molecular complexity index is 384. The van der Waals surface area contributed by atoms with Crippen molar-refractivity contribution in [2.45, 2.75) is 19.4 Å². The molecule has 0 fully saturated rings. The highest BCUT2D eigenvalue weighted by atomic mass is 35.5. The van der Waals surface area contributed by atoms with Crippen LogP contribution in [0.4, 0.5) is 4.39 Å². The zero-order chi connectivity index (χ0) is 10.8. The average molecular weight is 214 g/mol. The van der Waals surface area contributed by atoms with Crippen molar-refractivity contribution in [3.63, 3.8) is 0 Å². The molecule has 0 unspecified atom stereocenters. The fourth-order valence-electron chi connectivity index (χ4n) is 0.748. The Morgan fingerprint density at radius 2 is 2.29 bits per heavy atom. The number of rotatable bonds is 2. The van der Waals surface area contributed by atoms with E-state index < -0.39 is 11.4 Å². The summed E-state index contributed by atoms with van der Waals surface area (Å²) in [5, 5.41) is 0.216. The zero-order valence-corrected chi connectivity index (χ0v) is 8.60. The molecule has 74 valence electrons. The topological polar surface area (TPSA) is 22.1 Å². The molecule has 14 heavy (non-hydrogen) atoms. The predicted octanol–water partition coefficient (Wildman–Crippen LogP) is 2.66. The minimum atomic E-state index is -0.887. The van der Waals surface area contributed by atoms with Gasteiger partial charge in [0.15, 0.2) is 11.4 Å². The van der Waals surface area contributed by atoms with Gasteiger partial charge in [0.05, 0.1) is 5.02 Å². The minimum absolute atomic E-state index is 0.141. The lowest BCUT2D eigenvalue weighted by molar-refractivity contribution is 0.156. The summed E-state index contributed by atoms with van der Waals surface area (Å²) in [6, 6.07) is 1.12. The summed E-state index contributed by atoms with van der Waals surface area (Å²) in [5.41, 5.74) is -0.887. The Morgan fingerprint density at radius 1 is 1.64 bits per heavy atom. The molecule has 0 bridgehead atoms. The lowest BCUT2D eigenvalue weighted by Gasteiger charge is -2.19. The molecule has 1 rings (SSSR count). The number of aromatic nitrogens is 1. The molecule has 0 aliphatic rings. The van der Waals surface area contributed by atoms with Crippen molar-refractivity contribution >= 4 is 11.6 Å². The molecule has 0 amide bonds. The smallest absolute Gasteiger partial charge is 0.251 e. The van der Waals surface area contributed by atoms with Crippen LogP contribution in [0.25, 0.3) is 0 Å². The minimum Gasteiger partial charge on any atom is -0.456 e. The van der Waals surface area contributed by atoms with Crippen LogP contribution in [-0.2, 0) is 0 Å². The first-order valence-electron chi connectivity index (χ1n) is 3.92. The summed E-state index contributed by atoms with van der Waals surface area (Å²) in [6.07, 6.45) is 6.48. The van der Waals surface area contributed by atoms with Crippen LogP contribution in [0.5, 0.6) is 5.88 Å². The van der Waals surface area contributed by atoms with Crippen LogP contribution in [0.15, 0.2) is 12.3 Å². The van der Waals surface area contributed by atoms with E-state index in [9.17, 15) is 4.39 Å². The Labute approximate surface area is 87.1 Å². The fourth-order valence-corrected chi connectivity index (χ4v) is 0.893. The number of halogens is 2. The van der Waals surface area contributed by atoms with Gasteiger partial charge in [0, 0.05) is 6.20 Å². The van der Waals surface area contributed by atoms with Gasteiger partial charge in [-0.1, -0.05) is 17.5 Å². The molecule has 0 aliphatic carbocycles. The SMILES string of the molecule is C#CC(C)(C)Oc1ncc(Cl)cc1F. The Kier molecular flexibility index (Phi) is 2.97. The molecule has 0 saturated carbocycles. The monoisotopic (exact) mass is 213 g/mol. The van der Waals surface area contributed by atoms with Crippen LogP contribution < -0.4 is 4.74 Å². The van der Waals surface area contributed by atoms with Gasteiger partial charge in [-0.2, -0.15) is 0 Å². The van der Waals surface area contributed by atoms with Crippen LogP contribution >= 0.6 is 11.6 Å². The molecule has 0 atom stereocenters. The zero-order valence-electron chi connectivity index (χ0n) is 7.84. The molecule has 0 radical (unpaired) electrons. The molecule has 0 spiro atoms. The fraction of sp³-hybridized carbons (Fsp3) is 0.300. The third-order valence-electron chi connectivity index (χ3n) is 1.47. The molecule has 0 aromatic carbocycles. The number of hydrogen-bond acceptors (Lipinski definition) is 2. The normalized spacial score (nSPS) is 10.8. The van der Waals surface area contributed by atoms with Crippen LogP contribution in [0.2, 0.25) is 5.02 Å². The summed E-state index contributed by atoms with van der Waals surface area (Å²) in [6.45, 7) is 3.28. The maximum atomic E-state index is 13.2. The highest BCUT2D eigenvalue weighted by Crippen LogP contribution is 2.21. The second-order valence-electron chi connectivity index (χ2n) is 3.20. The maximum absolute atomic E-state index is 13.2. The second kappa shape index (κ2) is 3.85. The van der Waals surface area contributed by atoms with Crippen molar-refractivity contribution in [1.82, 2.24) is 4.98 Å². The van der Waals surface area contributed by atoms with Crippen molar-refractivity contribution in [1.29, 1.82) is 0 Å². The third kappa shape index (κ3) is 2.61. The summed E-state index contributed by atoms with van der Waals surface area (Å²) >= 11 is 5.52. The third-order valence-corrected chi connectivity index (χ3v) is 1.68. The van der Waals surface area contributed by atoms with Gasteiger partial charge < -0.3 is 4.74 Å². The van der Waals surface area contributed by atoms with Gasteiger partial charge in [-0.3, -0.25) is 0 Å². The molecule has 0 aliphatic heterocycles. The van der Waals surface area contributed by atoms with Gasteiger partial charge in [0.2, 0.25) is 0 Å². The van der Waals surface area contributed by atoms with Crippen molar-refractivity contribution in [3.05, 3.63) is 23.1 Å². The molecular formula is C10H9ClFNO. The van der Waals surface area contributed by atoms with E-state index >= 15 is 0 Å². The number of nitrogens with zero attached hydrogens (tertiary/aromatic N) is 1. The molecule has 4 heteroatoms. The highest BCUT2D eigenvalue weighted by molar-refractivity contribution is 6.30. The summed E-state index contributed by atoms with van der Waals surface area (Å²) in [5.74, 6) is 1.60. The van der Waals surface area contributed by atoms with Crippen LogP contribution in [-0.4, -0.2) is 10.6 Å². The standard InChI is InChI=1S/C10H9ClFNO/c1-4-10(2,3)14-9-8(12)5-7(11)6-13-9/h1,5-6H,2-3H3. The van der Waals surface area contributed by atoms with Crippen molar-refractivity contribution < 1.29 is 9.13 Å². The number of ether oxygens (including phenoxy) is 1. The summed E-state index contributed by atoms with van der Waals surface area (Å²) in [7, 11) is 0. The molecule has 1 aromatic heterocycles. The van der Waals surface area contributed by atoms with Gasteiger partial charge in [-0.05, 0) is 19.9 Å². The largest absolute Gasteiger partial charge is 0.456 e. The molecule has 0 N–H and O–H groups in total. The first-order chi connectivity index (χ1) is 6.44. The first kappa shape index (κ1) is 10.8. The van der Waals surface area contributed by atoms with Crippen molar-refractivity contribution in [3.8, 4) is 18.2 Å². The van der Waals surface area contributed by atoms with Crippen molar-refractivity contribution in [2.75, 3.05) is 0 Å². The molecule has 2 nitrogen and oxygen atoms in total. The van der Waals surface area contributed by atoms with Gasteiger partial charge in [0.25, 0.3) is 5.88 Å². The van der Waals surface area contributed by atoms with Crippen LogP contribution in [0, 0.1) is 18.2 Å². The molecule has 1 aromatic rings. The van der Waals surface area contributed by atoms with Crippen LogP contribution in [0.1, 0.15) is 13.8 Å². The Hall–Kier alpha value is -1.27. The van der Waals surface area contributed by atoms with Gasteiger partial charge >= 0.3 is 0 Å². The summed E-state index contributed by atoms with van der Waals surface area (Å²) < 4.78 is 18.3. The maximum Gasteiger partial charge on any atom is 0.251 e. The van der Waals surface area contributed by atoms with Gasteiger partial charge in [0.1, 0.15) is 0 Å². The lowest BCUT2D eigenvalue weighted by Crippen LogP contribution is -2.26. The van der Waals surface area contributed by atoms with E-state index in [0.29, 0.717) is 0 Å². The van der Waals surface area contributed by atoms with E-state index in [4.69, 9.17) is 22.8 Å². The Morgan fingerprint density at radius 3 is 2.79 bits per heavy atom. The van der Waals surface area contributed by atoms with E-state index in [0.717, 1.165) is 6.07 Å². The van der Waals surface area contributed by atoms with E-state index in [1.807, 2.05) is 0 Å². The molecule has 0 saturated heterocycles. The Balaban J connectivity index is 2.94. The van der Waals surface area contributed by atoms with Gasteiger partial charge in [-0.15, -0.1) is 6.42 Å². The van der Waals surface area contributed by atoms with E-state index in [1.54, 1.807) is 13.8 Å². The molecule has 1 heterocycles. The number of pyridine rings is 1. The second-order valence-corrected chi connectivity index (χ2v) is 3.63. The average Bonchev–Trinajstić information content (AvgIpc) is 2.10. The van der Waals surface area contributed by atoms with E-state index in [1.165, 1.54) is 6.20 Å². The first-order valence-corrected chi connectivity index (χ1v) is 4.30. The lowest BCUT2D eigenvalue weighted by atomic mass is 10.1. The summed E-state index contributed by atoms with van der Waals surface area (Å²) in [4.78, 5) is 3.69.